The molecule has 3 saturated carbocycles. The normalized spacial score (nSPS) is 35.0. The van der Waals surface area contributed by atoms with Crippen molar-refractivity contribution in [3.63, 3.8) is 0 Å². The van der Waals surface area contributed by atoms with E-state index in [4.69, 9.17) is 0 Å². The Morgan fingerprint density at radius 2 is 1.61 bits per heavy atom. The first kappa shape index (κ1) is 37.0. The van der Waals surface area contributed by atoms with Gasteiger partial charge in [-0.15, -0.1) is 24.5 Å². The first-order chi connectivity index (χ1) is 25.5. The lowest BCUT2D eigenvalue weighted by Crippen LogP contribution is -2.67. The fourth-order valence-electron chi connectivity index (χ4n) is 11.5. The molecule has 1 heterocycles. The number of allylic oxidation sites excluding steroid dienone is 4. The van der Waals surface area contributed by atoms with Crippen molar-refractivity contribution in [1.29, 1.82) is 0 Å². The van der Waals surface area contributed by atoms with E-state index in [1.54, 1.807) is 29.2 Å². The monoisotopic (exact) mass is 760 g/mol. The molecule has 286 valence electrons. The van der Waals surface area contributed by atoms with Crippen molar-refractivity contribution in [3.8, 4) is 5.75 Å². The number of para-hydroxylation sites is 1. The first-order valence-electron chi connectivity index (χ1n) is 18.9. The van der Waals surface area contributed by atoms with Crippen LogP contribution in [-0.2, 0) is 6.54 Å². The number of aliphatic hydroxyl groups is 2. The summed E-state index contributed by atoms with van der Waals surface area (Å²) in [5, 5.41) is 27.0. The number of urea groups is 1. The zero-order valence-corrected chi connectivity index (χ0v) is 31.6. The standard InChI is InChI=1S/C43H47F3N2O5S/c1-27-9-14-33(54-27)36(50)32-24-40-21-22-42(32)34(38(40,2)18-15-30(49)23-40)16-19-39(3)35(42)17-20-41(39,52)26-48(37(51)47-29-7-5-4-6-8-29)25-28-10-12-31(13-11-28)53-43(44,45)46/h4-14,21-22,24,30,34-35,49,52H,15-20,23,25-26H2,1-3H3,(H,47,51). The number of carbonyl (C=O) groups is 2. The van der Waals surface area contributed by atoms with Gasteiger partial charge in [-0.05, 0) is 111 Å². The molecule has 8 atom stereocenters. The minimum Gasteiger partial charge on any atom is -0.406 e. The summed E-state index contributed by atoms with van der Waals surface area (Å²) in [5.41, 5.74) is -1.38. The number of hydrogen-bond acceptors (Lipinski definition) is 6. The molecule has 0 saturated heterocycles. The molecule has 3 fully saturated rings. The van der Waals surface area contributed by atoms with E-state index in [1.165, 1.54) is 35.6 Å². The Labute approximate surface area is 317 Å². The third-order valence-corrected chi connectivity index (χ3v) is 15.2. The molecule has 0 aliphatic heterocycles. The number of alkyl halides is 3. The highest BCUT2D eigenvalue weighted by atomic mass is 32.1. The van der Waals surface area contributed by atoms with Gasteiger partial charge in [0, 0.05) is 38.9 Å². The number of anilines is 1. The highest BCUT2D eigenvalue weighted by Crippen LogP contribution is 2.78. The highest BCUT2D eigenvalue weighted by Gasteiger charge is 2.74. The van der Waals surface area contributed by atoms with Crippen LogP contribution in [0.2, 0.25) is 0 Å². The maximum Gasteiger partial charge on any atom is 0.573 e. The Hall–Kier alpha value is -3.93. The summed E-state index contributed by atoms with van der Waals surface area (Å²) in [4.78, 5) is 32.1. The molecule has 54 heavy (non-hydrogen) atoms. The van der Waals surface area contributed by atoms with Gasteiger partial charge in [0.2, 0.25) is 0 Å². The zero-order chi connectivity index (χ0) is 38.3. The molecule has 2 spiro atoms. The number of nitrogens with zero attached hydrogens (tertiary/aromatic N) is 1. The number of rotatable bonds is 8. The molecule has 11 heteroatoms. The van der Waals surface area contributed by atoms with Crippen LogP contribution in [0.5, 0.6) is 5.75 Å². The lowest BCUT2D eigenvalue weighted by atomic mass is 9.32. The summed E-state index contributed by atoms with van der Waals surface area (Å²) < 4.78 is 42.7. The number of aliphatic hydroxyl groups excluding tert-OH is 1. The number of ether oxygens (including phenoxy) is 1. The molecule has 6 aliphatic rings. The Morgan fingerprint density at radius 1 is 0.926 bits per heavy atom. The molecule has 8 unspecified atom stereocenters. The lowest BCUT2D eigenvalue weighted by molar-refractivity contribution is -0.274. The van der Waals surface area contributed by atoms with E-state index >= 15 is 0 Å². The Morgan fingerprint density at radius 3 is 2.30 bits per heavy atom. The van der Waals surface area contributed by atoms with Crippen LogP contribution in [0.25, 0.3) is 0 Å². The third kappa shape index (κ3) is 5.75. The summed E-state index contributed by atoms with van der Waals surface area (Å²) in [7, 11) is 0. The highest BCUT2D eigenvalue weighted by molar-refractivity contribution is 7.14. The topological polar surface area (TPSA) is 99.1 Å². The van der Waals surface area contributed by atoms with Gasteiger partial charge in [0.15, 0.2) is 5.78 Å². The average molecular weight is 761 g/mol. The smallest absolute Gasteiger partial charge is 0.406 e. The number of amides is 2. The van der Waals surface area contributed by atoms with E-state index < -0.39 is 40.3 Å². The number of hydrogen-bond donors (Lipinski definition) is 3. The Kier molecular flexibility index (Phi) is 8.78. The molecule has 1 aromatic heterocycles. The number of nitrogens with one attached hydrogen (secondary N) is 1. The van der Waals surface area contributed by atoms with Gasteiger partial charge >= 0.3 is 12.4 Å². The van der Waals surface area contributed by atoms with Gasteiger partial charge < -0.3 is 25.2 Å². The fraction of sp³-hybridized carbons (Fsp3) is 0.488. The molecule has 2 aromatic carbocycles. The molecule has 0 radical (unpaired) electrons. The summed E-state index contributed by atoms with van der Waals surface area (Å²) in [5.74, 6) is -0.323. The SMILES string of the molecule is Cc1ccc(C(=O)C2=CC34C=CC25C(CCC2(C)C5CCC2(O)CN(Cc2ccc(OC(F)(F)F)cc2)C(=O)Nc2ccccc2)C3(C)CCC(O)C4)s1. The molecule has 6 aliphatic carbocycles. The van der Waals surface area contributed by atoms with Gasteiger partial charge in [-0.25, -0.2) is 4.79 Å². The predicted molar refractivity (Wildman–Crippen MR) is 201 cm³/mol. The first-order valence-corrected chi connectivity index (χ1v) is 19.7. The Bertz CT molecular complexity index is 2010. The van der Waals surface area contributed by atoms with Crippen molar-refractivity contribution in [2.24, 2.45) is 33.5 Å². The number of benzene rings is 2. The third-order valence-electron chi connectivity index (χ3n) is 14.2. The average Bonchev–Trinajstić information content (AvgIpc) is 3.68. The van der Waals surface area contributed by atoms with Crippen LogP contribution in [0, 0.1) is 40.4 Å². The number of Topliss-reactive ketones (excluding diaryl/α,β-unsaturated/α-hetero) is 1. The molecular weight excluding hydrogens is 714 g/mol. The number of fused-ring (bicyclic) bond motifs is 1. The van der Waals surface area contributed by atoms with Crippen molar-refractivity contribution in [2.45, 2.75) is 90.3 Å². The van der Waals surface area contributed by atoms with Gasteiger partial charge in [0.05, 0.1) is 23.1 Å². The van der Waals surface area contributed by atoms with Crippen LogP contribution in [-0.4, -0.2) is 51.5 Å². The Balaban J connectivity index is 1.16. The van der Waals surface area contributed by atoms with Crippen LogP contribution in [0.3, 0.4) is 0 Å². The van der Waals surface area contributed by atoms with Crippen LogP contribution in [0.1, 0.15) is 78.9 Å². The quantitative estimate of drug-likeness (QED) is 0.157. The van der Waals surface area contributed by atoms with Crippen molar-refractivity contribution in [3.05, 3.63) is 106 Å². The summed E-state index contributed by atoms with van der Waals surface area (Å²) in [6, 6.07) is 17.9. The van der Waals surface area contributed by atoms with Crippen molar-refractivity contribution in [2.75, 3.05) is 11.9 Å². The van der Waals surface area contributed by atoms with E-state index in [-0.39, 0.29) is 41.9 Å². The molecule has 3 aromatic rings. The maximum absolute atomic E-state index is 14.8. The van der Waals surface area contributed by atoms with Gasteiger partial charge in [-0.2, -0.15) is 0 Å². The van der Waals surface area contributed by atoms with E-state index in [9.17, 15) is 33.0 Å². The zero-order valence-electron chi connectivity index (χ0n) is 30.8. The second-order valence-corrected chi connectivity index (χ2v) is 18.2. The van der Waals surface area contributed by atoms with Crippen LogP contribution >= 0.6 is 11.3 Å². The summed E-state index contributed by atoms with van der Waals surface area (Å²) >= 11 is 1.49. The lowest BCUT2D eigenvalue weighted by Gasteiger charge is -2.71. The minimum absolute atomic E-state index is 0.0189. The minimum atomic E-state index is -4.83. The van der Waals surface area contributed by atoms with E-state index in [2.05, 4.69) is 42.1 Å². The molecule has 7 nitrogen and oxygen atoms in total. The van der Waals surface area contributed by atoms with Gasteiger partial charge in [-0.1, -0.05) is 62.4 Å². The summed E-state index contributed by atoms with van der Waals surface area (Å²) in [6.07, 6.45) is 6.14. The molecular formula is C43H47F3N2O5S. The van der Waals surface area contributed by atoms with Crippen LogP contribution < -0.4 is 10.1 Å². The molecule has 2 bridgehead atoms. The molecule has 2 amide bonds. The maximum atomic E-state index is 14.8. The van der Waals surface area contributed by atoms with Crippen LogP contribution in [0.15, 0.2) is 90.5 Å². The largest absolute Gasteiger partial charge is 0.573 e. The fourth-order valence-corrected chi connectivity index (χ4v) is 12.4. The second kappa shape index (κ2) is 12.8. The molecule has 9 rings (SSSR count). The van der Waals surface area contributed by atoms with E-state index in [0.29, 0.717) is 48.2 Å². The number of thiophene rings is 1. The van der Waals surface area contributed by atoms with Gasteiger partial charge in [0.25, 0.3) is 0 Å². The van der Waals surface area contributed by atoms with Crippen molar-refractivity contribution in [1.82, 2.24) is 4.90 Å². The van der Waals surface area contributed by atoms with Gasteiger partial charge in [0.1, 0.15) is 5.75 Å². The predicted octanol–water partition coefficient (Wildman–Crippen LogP) is 9.46. The summed E-state index contributed by atoms with van der Waals surface area (Å²) in [6.45, 7) is 6.48. The van der Waals surface area contributed by atoms with Crippen LogP contribution in [0.4, 0.5) is 23.7 Å². The number of carbonyl (C=O) groups excluding carboxylic acids is 2. The molecule has 3 N–H and O–H groups in total. The number of ketones is 1. The number of halogens is 3. The number of aryl methyl sites for hydroxylation is 1. The van der Waals surface area contributed by atoms with Crippen molar-refractivity contribution < 1.29 is 37.7 Å². The van der Waals surface area contributed by atoms with Crippen molar-refractivity contribution >= 4 is 28.8 Å². The van der Waals surface area contributed by atoms with Gasteiger partial charge in [-0.3, -0.25) is 4.79 Å². The van der Waals surface area contributed by atoms with E-state index in [1.807, 2.05) is 25.1 Å². The van der Waals surface area contributed by atoms with E-state index in [0.717, 1.165) is 23.3 Å². The second-order valence-electron chi connectivity index (χ2n) is 16.9.